The molecule has 0 aliphatic heterocycles. The summed E-state index contributed by atoms with van der Waals surface area (Å²) in [5, 5.41) is 0. The molecular weight excluding hydrogens is 448 g/mol. The van der Waals surface area contributed by atoms with Crippen LogP contribution in [0.4, 0.5) is 0 Å². The van der Waals surface area contributed by atoms with Gasteiger partial charge < -0.3 is 4.57 Å². The zero-order valence-corrected chi connectivity index (χ0v) is 19.0. The van der Waals surface area contributed by atoms with E-state index in [4.69, 9.17) is 0 Å². The molecule has 0 bridgehead atoms. The van der Waals surface area contributed by atoms with Gasteiger partial charge in [0.2, 0.25) is 0 Å². The van der Waals surface area contributed by atoms with E-state index in [0.29, 0.717) is 6.54 Å². The van der Waals surface area contributed by atoms with Gasteiger partial charge in [0, 0.05) is 12.6 Å². The van der Waals surface area contributed by atoms with Gasteiger partial charge in [0.15, 0.2) is 11.2 Å². The summed E-state index contributed by atoms with van der Waals surface area (Å²) in [7, 11) is 0. The van der Waals surface area contributed by atoms with E-state index in [1.54, 1.807) is 10.6 Å². The monoisotopic (exact) mass is 472 g/mol. The average Bonchev–Trinajstić information content (AvgIpc) is 3.32. The molecule has 0 radical (unpaired) electrons. The summed E-state index contributed by atoms with van der Waals surface area (Å²) < 4.78 is 3.84. The largest absolute Gasteiger partial charge is 0.333 e. The van der Waals surface area contributed by atoms with Crippen molar-refractivity contribution in [2.24, 2.45) is 0 Å². The number of hydrogen-bond donors (Lipinski definition) is 2. The van der Waals surface area contributed by atoms with Crippen molar-refractivity contribution in [3.63, 3.8) is 0 Å². The highest BCUT2D eigenvalue weighted by molar-refractivity contribution is 5.93. The van der Waals surface area contributed by atoms with Crippen LogP contribution in [0.1, 0.15) is 18.1 Å². The minimum absolute atomic E-state index is 0.180. The SMILES string of the molecule is CCn1cnc2c1c(=O)n(CC(=O)NNC(=O)/C=C/c1ccccc1)c(=O)n2Cc1ccccc1. The Bertz CT molecular complexity index is 1500. The van der Waals surface area contributed by atoms with Crippen LogP contribution >= 0.6 is 0 Å². The van der Waals surface area contributed by atoms with Crippen LogP contribution in [-0.2, 0) is 29.2 Å². The Hall–Kier alpha value is -4.73. The van der Waals surface area contributed by atoms with E-state index < -0.39 is 29.6 Å². The minimum atomic E-state index is -0.723. The Labute approximate surface area is 200 Å². The maximum Gasteiger partial charge on any atom is 0.333 e. The fraction of sp³-hybridized carbons (Fsp3) is 0.160. The molecule has 0 atom stereocenters. The number of carbonyl (C=O) groups is 2. The van der Waals surface area contributed by atoms with Gasteiger partial charge in [0.05, 0.1) is 12.9 Å². The third kappa shape index (κ3) is 5.27. The van der Waals surface area contributed by atoms with Gasteiger partial charge in [-0.15, -0.1) is 0 Å². The number of nitrogens with zero attached hydrogens (tertiary/aromatic N) is 4. The fourth-order valence-corrected chi connectivity index (χ4v) is 3.62. The quantitative estimate of drug-likeness (QED) is 0.310. The molecule has 10 nitrogen and oxygen atoms in total. The van der Waals surface area contributed by atoms with E-state index in [0.717, 1.165) is 15.7 Å². The molecule has 10 heteroatoms. The van der Waals surface area contributed by atoms with E-state index in [1.165, 1.54) is 17.0 Å². The van der Waals surface area contributed by atoms with Crippen molar-refractivity contribution in [2.45, 2.75) is 26.6 Å². The molecule has 2 aromatic heterocycles. The maximum absolute atomic E-state index is 13.2. The second-order valence-electron chi connectivity index (χ2n) is 7.73. The van der Waals surface area contributed by atoms with Gasteiger partial charge in [-0.25, -0.2) is 14.3 Å². The molecule has 2 aromatic carbocycles. The predicted molar refractivity (Wildman–Crippen MR) is 131 cm³/mol. The van der Waals surface area contributed by atoms with Crippen LogP contribution in [0.5, 0.6) is 0 Å². The number of fused-ring (bicyclic) bond motifs is 1. The highest BCUT2D eigenvalue weighted by atomic mass is 16.2. The Morgan fingerprint density at radius 1 is 0.943 bits per heavy atom. The maximum atomic E-state index is 13.2. The number of aryl methyl sites for hydroxylation is 1. The van der Waals surface area contributed by atoms with E-state index in [2.05, 4.69) is 15.8 Å². The van der Waals surface area contributed by atoms with E-state index in [9.17, 15) is 19.2 Å². The highest BCUT2D eigenvalue weighted by Gasteiger charge is 2.19. The summed E-state index contributed by atoms with van der Waals surface area (Å²) in [6.07, 6.45) is 4.35. The molecular formula is C25H24N6O4. The Balaban J connectivity index is 1.57. The molecule has 0 fully saturated rings. The van der Waals surface area contributed by atoms with Crippen molar-refractivity contribution >= 4 is 29.1 Å². The number of carbonyl (C=O) groups excluding carboxylic acids is 2. The number of nitrogens with one attached hydrogen (secondary N) is 2. The first-order valence-electron chi connectivity index (χ1n) is 11.0. The number of rotatable bonds is 7. The number of aromatic nitrogens is 4. The molecule has 35 heavy (non-hydrogen) atoms. The van der Waals surface area contributed by atoms with Gasteiger partial charge in [0.25, 0.3) is 17.4 Å². The van der Waals surface area contributed by atoms with Gasteiger partial charge in [-0.2, -0.15) is 0 Å². The van der Waals surface area contributed by atoms with Crippen molar-refractivity contribution in [1.29, 1.82) is 0 Å². The Morgan fingerprint density at radius 2 is 1.63 bits per heavy atom. The lowest BCUT2D eigenvalue weighted by Gasteiger charge is -2.12. The molecule has 0 aliphatic rings. The third-order valence-electron chi connectivity index (χ3n) is 5.36. The molecule has 0 saturated heterocycles. The number of benzene rings is 2. The van der Waals surface area contributed by atoms with Crippen molar-refractivity contribution in [1.82, 2.24) is 29.5 Å². The molecule has 2 amide bonds. The summed E-state index contributed by atoms with van der Waals surface area (Å²) in [5.41, 5.74) is 5.34. The van der Waals surface area contributed by atoms with E-state index in [1.807, 2.05) is 67.6 Å². The van der Waals surface area contributed by atoms with Gasteiger partial charge in [-0.05, 0) is 24.1 Å². The molecule has 0 aliphatic carbocycles. The summed E-state index contributed by atoms with van der Waals surface area (Å²) in [4.78, 5) is 55.2. The molecule has 0 spiro atoms. The van der Waals surface area contributed by atoms with Crippen molar-refractivity contribution in [3.8, 4) is 0 Å². The molecule has 4 aromatic rings. The van der Waals surface area contributed by atoms with Crippen molar-refractivity contribution in [3.05, 3.63) is 105 Å². The lowest BCUT2D eigenvalue weighted by molar-refractivity contribution is -0.127. The zero-order valence-electron chi connectivity index (χ0n) is 19.0. The second-order valence-corrected chi connectivity index (χ2v) is 7.73. The molecule has 2 heterocycles. The lowest BCUT2D eigenvalue weighted by Crippen LogP contribution is -2.48. The van der Waals surface area contributed by atoms with Crippen LogP contribution in [0.3, 0.4) is 0 Å². The number of imidazole rings is 1. The second kappa shape index (κ2) is 10.5. The van der Waals surface area contributed by atoms with E-state index >= 15 is 0 Å². The first kappa shape index (κ1) is 23.4. The molecule has 2 N–H and O–H groups in total. The summed E-state index contributed by atoms with van der Waals surface area (Å²) >= 11 is 0. The van der Waals surface area contributed by atoms with Crippen molar-refractivity contribution < 1.29 is 9.59 Å². The molecule has 0 unspecified atom stereocenters. The molecule has 4 rings (SSSR count). The number of hydrazine groups is 1. The summed E-state index contributed by atoms with van der Waals surface area (Å²) in [6.45, 7) is 1.92. The van der Waals surface area contributed by atoms with Gasteiger partial charge in [-0.1, -0.05) is 60.7 Å². The van der Waals surface area contributed by atoms with Gasteiger partial charge in [-0.3, -0.25) is 29.8 Å². The predicted octanol–water partition coefficient (Wildman–Crippen LogP) is 1.29. The first-order chi connectivity index (χ1) is 17.0. The summed E-state index contributed by atoms with van der Waals surface area (Å²) in [5.74, 6) is -1.28. The van der Waals surface area contributed by atoms with Crippen LogP contribution in [0, 0.1) is 0 Å². The Kier molecular flexibility index (Phi) is 7.01. The topological polar surface area (TPSA) is 120 Å². The fourth-order valence-electron chi connectivity index (χ4n) is 3.62. The standard InChI is InChI=1S/C25H24N6O4/c1-2-29-17-26-23-22(29)24(34)31(25(35)30(23)15-19-11-7-4-8-12-19)16-21(33)28-27-20(32)14-13-18-9-5-3-6-10-18/h3-14,17H,2,15-16H2,1H3,(H,27,32)(H,28,33)/b14-13+. The van der Waals surface area contributed by atoms with Crippen LogP contribution in [-0.4, -0.2) is 30.5 Å². The first-order valence-corrected chi connectivity index (χ1v) is 11.0. The number of hydrogen-bond acceptors (Lipinski definition) is 5. The third-order valence-corrected chi connectivity index (χ3v) is 5.36. The normalized spacial score (nSPS) is 11.1. The number of amides is 2. The highest BCUT2D eigenvalue weighted by Crippen LogP contribution is 2.09. The van der Waals surface area contributed by atoms with Crippen LogP contribution in [0.25, 0.3) is 17.2 Å². The van der Waals surface area contributed by atoms with Crippen molar-refractivity contribution in [2.75, 3.05) is 0 Å². The van der Waals surface area contributed by atoms with Gasteiger partial charge in [0.1, 0.15) is 6.54 Å². The van der Waals surface area contributed by atoms with Crippen LogP contribution in [0.15, 0.2) is 82.7 Å². The van der Waals surface area contributed by atoms with Gasteiger partial charge >= 0.3 is 5.69 Å². The zero-order chi connectivity index (χ0) is 24.8. The minimum Gasteiger partial charge on any atom is -0.325 e. The summed E-state index contributed by atoms with van der Waals surface area (Å²) in [6, 6.07) is 18.5. The molecule has 0 saturated carbocycles. The smallest absolute Gasteiger partial charge is 0.325 e. The van der Waals surface area contributed by atoms with Crippen LogP contribution in [0.2, 0.25) is 0 Å². The van der Waals surface area contributed by atoms with E-state index in [-0.39, 0.29) is 17.7 Å². The lowest BCUT2D eigenvalue weighted by atomic mass is 10.2. The average molecular weight is 473 g/mol. The molecule has 178 valence electrons. The Morgan fingerprint density at radius 3 is 2.31 bits per heavy atom. The van der Waals surface area contributed by atoms with Crippen LogP contribution < -0.4 is 22.1 Å².